The van der Waals surface area contributed by atoms with Gasteiger partial charge in [-0.15, -0.1) is 5.11 Å². The molecule has 13 nitrogen and oxygen atoms in total. The zero-order valence-electron chi connectivity index (χ0n) is 18.9. The van der Waals surface area contributed by atoms with E-state index >= 15 is 0 Å². The van der Waals surface area contributed by atoms with Gasteiger partial charge in [0.05, 0.1) is 16.3 Å². The van der Waals surface area contributed by atoms with E-state index in [-0.39, 0.29) is 27.8 Å². The number of nitrogens with one attached hydrogen (secondary N) is 2. The summed E-state index contributed by atoms with van der Waals surface area (Å²) in [5, 5.41) is 22.3. The Bertz CT molecular complexity index is 1580. The molecule has 4 rings (SSSR count). The molecule has 0 aliphatic rings. The Labute approximate surface area is 204 Å². The Balaban J connectivity index is 1.59. The van der Waals surface area contributed by atoms with Crippen molar-refractivity contribution in [2.24, 2.45) is 10.2 Å². The number of azo groups is 1. The van der Waals surface area contributed by atoms with Crippen LogP contribution in [-0.4, -0.2) is 34.1 Å². The highest BCUT2D eigenvalue weighted by Gasteiger charge is 2.21. The fourth-order valence-corrected chi connectivity index (χ4v) is 4.14. The molecular weight excluding hydrogens is 488 g/mol. The second kappa shape index (κ2) is 10.3. The van der Waals surface area contributed by atoms with Gasteiger partial charge in [-0.25, -0.2) is 23.1 Å². The average molecular weight is 509 g/mol. The first-order chi connectivity index (χ1) is 17.3. The molecule has 0 bridgehead atoms. The predicted molar refractivity (Wildman–Crippen MR) is 128 cm³/mol. The topological polar surface area (TPSA) is 178 Å². The summed E-state index contributed by atoms with van der Waals surface area (Å²) in [4.78, 5) is 33.3. The van der Waals surface area contributed by atoms with Crippen molar-refractivity contribution in [3.05, 3.63) is 94.1 Å². The Kier molecular flexibility index (Phi) is 6.96. The maximum atomic E-state index is 12.9. The first-order valence-electron chi connectivity index (χ1n) is 10.7. The lowest BCUT2D eigenvalue weighted by Gasteiger charge is -2.06. The zero-order valence-corrected chi connectivity index (χ0v) is 19.7. The molecule has 1 aromatic carbocycles. The van der Waals surface area contributed by atoms with Crippen LogP contribution in [0.1, 0.15) is 29.4 Å². The van der Waals surface area contributed by atoms with E-state index in [0.717, 1.165) is 10.9 Å². The van der Waals surface area contributed by atoms with Crippen LogP contribution in [0, 0.1) is 5.21 Å². The second-order valence-corrected chi connectivity index (χ2v) is 9.14. The molecule has 0 unspecified atom stereocenters. The number of aromatic amines is 1. The molecule has 3 heterocycles. The van der Waals surface area contributed by atoms with Crippen molar-refractivity contribution in [1.82, 2.24) is 19.7 Å². The molecule has 0 saturated carbocycles. The molecule has 4 aromatic rings. The van der Waals surface area contributed by atoms with E-state index < -0.39 is 21.5 Å². The number of pyridine rings is 1. The fraction of sp³-hybridized carbons (Fsp3) is 0.136. The lowest BCUT2D eigenvalue weighted by molar-refractivity contribution is -0.605. The van der Waals surface area contributed by atoms with E-state index in [2.05, 4.69) is 30.0 Å². The molecular formula is C22H20N8O5S. The standard InChI is InChI=1S/C22H20N8O5S/c1-2-5-18-19(21(32)30(27-18)20(31)15-6-3-13-29(33)14-15)26-25-16-7-9-17(10-8-16)36(34,35)28-22-23-11-4-12-24-22/h3-4,6-14,27H,2,5H2,1H3,(H,23,24,28). The average Bonchev–Trinajstić information content (AvgIpc) is 3.18. The summed E-state index contributed by atoms with van der Waals surface area (Å²) in [7, 11) is -3.92. The SMILES string of the molecule is CCCc1[nH]n(C(=O)c2ccc[n+]([O-])c2)c(=O)c1N=Nc1ccc(S(=O)(=O)Nc2ncccn2)cc1. The monoisotopic (exact) mass is 508 g/mol. The van der Waals surface area contributed by atoms with Gasteiger partial charge in [0.2, 0.25) is 5.95 Å². The molecule has 0 fully saturated rings. The van der Waals surface area contributed by atoms with Crippen LogP contribution in [0.3, 0.4) is 0 Å². The normalized spacial score (nSPS) is 11.6. The van der Waals surface area contributed by atoms with Gasteiger partial charge in [-0.3, -0.25) is 14.7 Å². The number of nitrogens with zero attached hydrogens (tertiary/aromatic N) is 6. The van der Waals surface area contributed by atoms with Crippen LogP contribution in [0.2, 0.25) is 0 Å². The molecule has 184 valence electrons. The zero-order chi connectivity index (χ0) is 25.7. The smallest absolute Gasteiger partial charge is 0.302 e. The van der Waals surface area contributed by atoms with Crippen molar-refractivity contribution < 1.29 is 17.9 Å². The number of rotatable bonds is 8. The predicted octanol–water partition coefficient (Wildman–Crippen LogP) is 2.46. The molecule has 36 heavy (non-hydrogen) atoms. The number of hydrogen-bond acceptors (Lipinski definition) is 9. The van der Waals surface area contributed by atoms with Crippen molar-refractivity contribution in [3.8, 4) is 0 Å². The van der Waals surface area contributed by atoms with E-state index in [1.54, 1.807) is 6.07 Å². The minimum absolute atomic E-state index is 0.0219. The molecule has 0 aliphatic carbocycles. The summed E-state index contributed by atoms with van der Waals surface area (Å²) in [6, 6.07) is 9.83. The number of benzene rings is 1. The molecule has 0 spiro atoms. The molecule has 0 saturated heterocycles. The fourth-order valence-electron chi connectivity index (χ4n) is 3.18. The lowest BCUT2D eigenvalue weighted by Crippen LogP contribution is -2.30. The van der Waals surface area contributed by atoms with Gasteiger partial charge in [-0.2, -0.15) is 14.5 Å². The van der Waals surface area contributed by atoms with Crippen LogP contribution in [0.25, 0.3) is 0 Å². The lowest BCUT2D eigenvalue weighted by atomic mass is 10.2. The van der Waals surface area contributed by atoms with Crippen LogP contribution in [0.5, 0.6) is 0 Å². The van der Waals surface area contributed by atoms with Gasteiger partial charge in [0, 0.05) is 18.5 Å². The highest BCUT2D eigenvalue weighted by Crippen LogP contribution is 2.22. The third-order valence-corrected chi connectivity index (χ3v) is 6.21. The number of aryl methyl sites for hydroxylation is 1. The molecule has 0 amide bonds. The first-order valence-corrected chi connectivity index (χ1v) is 12.2. The summed E-state index contributed by atoms with van der Waals surface area (Å²) in [5.74, 6) is -0.781. The number of H-pyrrole nitrogens is 1. The van der Waals surface area contributed by atoms with Gasteiger partial charge in [-0.05, 0) is 42.8 Å². The van der Waals surface area contributed by atoms with Gasteiger partial charge < -0.3 is 5.21 Å². The summed E-state index contributed by atoms with van der Waals surface area (Å²) in [5.41, 5.74) is -0.0812. The Morgan fingerprint density at radius 2 is 1.86 bits per heavy atom. The first kappa shape index (κ1) is 24.4. The van der Waals surface area contributed by atoms with Crippen molar-refractivity contribution in [1.29, 1.82) is 0 Å². The van der Waals surface area contributed by atoms with Crippen molar-refractivity contribution in [2.45, 2.75) is 24.7 Å². The summed E-state index contributed by atoms with van der Waals surface area (Å²) >= 11 is 0. The number of hydrogen-bond donors (Lipinski definition) is 2. The number of aromatic nitrogens is 5. The maximum Gasteiger partial charge on any atom is 0.302 e. The van der Waals surface area contributed by atoms with E-state index in [9.17, 15) is 23.2 Å². The summed E-state index contributed by atoms with van der Waals surface area (Å²) in [6.07, 6.45) is 6.17. The third kappa shape index (κ3) is 5.33. The van der Waals surface area contributed by atoms with Gasteiger partial charge in [0.25, 0.3) is 15.9 Å². The van der Waals surface area contributed by atoms with E-state index in [0.29, 0.717) is 23.3 Å². The van der Waals surface area contributed by atoms with E-state index in [1.807, 2.05) is 6.92 Å². The number of anilines is 1. The number of carbonyl (C=O) groups is 1. The number of carbonyl (C=O) groups excluding carboxylic acids is 1. The van der Waals surface area contributed by atoms with E-state index in [4.69, 9.17) is 0 Å². The molecule has 14 heteroatoms. The molecule has 0 radical (unpaired) electrons. The Morgan fingerprint density at radius 3 is 2.53 bits per heavy atom. The van der Waals surface area contributed by atoms with Crippen LogP contribution in [0.4, 0.5) is 17.3 Å². The van der Waals surface area contributed by atoms with Crippen LogP contribution in [0.15, 0.2) is 87.2 Å². The van der Waals surface area contributed by atoms with Crippen molar-refractivity contribution >= 4 is 33.3 Å². The molecule has 0 atom stereocenters. The summed E-state index contributed by atoms with van der Waals surface area (Å²) < 4.78 is 28.5. The Morgan fingerprint density at radius 1 is 1.14 bits per heavy atom. The van der Waals surface area contributed by atoms with Gasteiger partial charge in [0.15, 0.2) is 18.1 Å². The Hall–Kier alpha value is -4.72. The van der Waals surface area contributed by atoms with Crippen LogP contribution >= 0.6 is 0 Å². The van der Waals surface area contributed by atoms with E-state index in [1.165, 1.54) is 55.0 Å². The molecule has 3 aromatic heterocycles. The highest BCUT2D eigenvalue weighted by atomic mass is 32.2. The van der Waals surface area contributed by atoms with Gasteiger partial charge >= 0.3 is 5.56 Å². The highest BCUT2D eigenvalue weighted by molar-refractivity contribution is 7.92. The summed E-state index contributed by atoms with van der Waals surface area (Å²) in [6.45, 7) is 1.89. The largest absolute Gasteiger partial charge is 0.619 e. The minimum Gasteiger partial charge on any atom is -0.619 e. The van der Waals surface area contributed by atoms with Crippen molar-refractivity contribution in [3.63, 3.8) is 0 Å². The minimum atomic E-state index is -3.92. The number of sulfonamides is 1. The third-order valence-electron chi connectivity index (χ3n) is 4.87. The van der Waals surface area contributed by atoms with Gasteiger partial charge in [-0.1, -0.05) is 13.3 Å². The molecule has 2 N–H and O–H groups in total. The van der Waals surface area contributed by atoms with Crippen LogP contribution < -0.4 is 15.0 Å². The van der Waals surface area contributed by atoms with Crippen molar-refractivity contribution in [2.75, 3.05) is 4.72 Å². The second-order valence-electron chi connectivity index (χ2n) is 7.46. The quantitative estimate of drug-likeness (QED) is 0.208. The van der Waals surface area contributed by atoms with Crippen LogP contribution in [-0.2, 0) is 16.4 Å². The molecule has 0 aliphatic heterocycles. The van der Waals surface area contributed by atoms with Gasteiger partial charge in [0.1, 0.15) is 5.56 Å². The maximum absolute atomic E-state index is 12.9.